The molecule has 3 saturated heterocycles. The molecule has 2 aromatic rings. The lowest BCUT2D eigenvalue weighted by Crippen LogP contribution is -3.20. The molecule has 4 heterocycles. The van der Waals surface area contributed by atoms with Gasteiger partial charge in [0.2, 0.25) is 17.4 Å². The predicted octanol–water partition coefficient (Wildman–Crippen LogP) is 2.79. The lowest BCUT2D eigenvalue weighted by molar-refractivity contribution is -0.948. The van der Waals surface area contributed by atoms with Crippen molar-refractivity contribution in [2.75, 3.05) is 22.9 Å². The van der Waals surface area contributed by atoms with Crippen LogP contribution in [0.25, 0.3) is 0 Å². The fourth-order valence-electron chi connectivity index (χ4n) is 7.04. The van der Waals surface area contributed by atoms with Crippen LogP contribution in [0, 0.1) is 11.8 Å². The van der Waals surface area contributed by atoms with Gasteiger partial charge in [-0.1, -0.05) is 29.8 Å². The molecule has 4 aliphatic heterocycles. The first-order valence-electron chi connectivity index (χ1n) is 11.7. The van der Waals surface area contributed by atoms with Gasteiger partial charge in [0, 0.05) is 24.9 Å². The number of alkyl halides is 3. The number of rotatable bonds is 2. The molecule has 6 rings (SSSR count). The van der Waals surface area contributed by atoms with Crippen LogP contribution in [0.2, 0.25) is 5.02 Å². The standard InChI is InChI=1S/C25H21ClF3N3O3/c1-2-30-17-7-4-3-6-14(17)24(23(30)35)20-19(18-8-5-11-31(18)24)21(33)32(22(20)34)13-9-10-16(26)15(12-13)25(27,28)29/h3-4,6-7,9-10,12,18-20H,2,5,8,11H2,1H3/p+1/t18-,19+,20-,24-/m0/s1. The number of fused-ring (bicyclic) bond motifs is 7. The van der Waals surface area contributed by atoms with Crippen molar-refractivity contribution in [2.45, 2.75) is 37.5 Å². The van der Waals surface area contributed by atoms with Crippen molar-refractivity contribution in [3.8, 4) is 0 Å². The van der Waals surface area contributed by atoms with Crippen LogP contribution < -0.4 is 14.7 Å². The molecule has 0 radical (unpaired) electrons. The molecule has 1 N–H and O–H groups in total. The SMILES string of the molecule is CCN1C(=O)[C@]2(c3ccccc31)[C@@H]1C(=O)N(c3ccc(Cl)c(C(F)(F)F)c3)C(=O)[C@@H]1[C@@H]1CCC[NH+]12. The second-order valence-corrected chi connectivity index (χ2v) is 9.98. The number of likely N-dealkylation sites (N-methyl/N-ethyl adjacent to an activating group) is 1. The summed E-state index contributed by atoms with van der Waals surface area (Å²) in [6.07, 6.45) is -3.28. The van der Waals surface area contributed by atoms with E-state index in [-0.39, 0.29) is 17.6 Å². The zero-order valence-corrected chi connectivity index (χ0v) is 19.5. The number of hydrogen-bond donors (Lipinski definition) is 1. The number of hydrogen-bond acceptors (Lipinski definition) is 3. The minimum atomic E-state index is -4.75. The fraction of sp³-hybridized carbons (Fsp3) is 0.400. The van der Waals surface area contributed by atoms with E-state index in [1.807, 2.05) is 31.2 Å². The summed E-state index contributed by atoms with van der Waals surface area (Å²) in [5.41, 5.74) is -1.11. The van der Waals surface area contributed by atoms with Crippen LogP contribution in [0.4, 0.5) is 24.5 Å². The highest BCUT2D eigenvalue weighted by Gasteiger charge is 2.79. The Morgan fingerprint density at radius 2 is 1.86 bits per heavy atom. The molecule has 0 aliphatic carbocycles. The molecular formula is C25H22ClF3N3O3+. The molecule has 10 heteroatoms. The third-order valence-electron chi connectivity index (χ3n) is 8.20. The first kappa shape index (κ1) is 22.5. The second-order valence-electron chi connectivity index (χ2n) is 9.58. The maximum atomic E-state index is 14.1. The highest BCUT2D eigenvalue weighted by atomic mass is 35.5. The Hall–Kier alpha value is -2.91. The third-order valence-corrected chi connectivity index (χ3v) is 8.53. The largest absolute Gasteiger partial charge is 0.417 e. The first-order chi connectivity index (χ1) is 16.6. The Balaban J connectivity index is 1.53. The molecule has 3 fully saturated rings. The quantitative estimate of drug-likeness (QED) is 0.640. The van der Waals surface area contributed by atoms with Crippen LogP contribution in [0.3, 0.4) is 0 Å². The van der Waals surface area contributed by atoms with E-state index in [0.717, 1.165) is 39.6 Å². The number of carbonyl (C=O) groups is 3. The maximum absolute atomic E-state index is 14.1. The number of imide groups is 1. The zero-order chi connectivity index (χ0) is 24.9. The number of quaternary nitrogens is 1. The van der Waals surface area contributed by atoms with Crippen LogP contribution >= 0.6 is 11.6 Å². The summed E-state index contributed by atoms with van der Waals surface area (Å²) >= 11 is 5.77. The molecule has 5 atom stereocenters. The average Bonchev–Trinajstić information content (AvgIpc) is 3.51. The second kappa shape index (κ2) is 7.30. The van der Waals surface area contributed by atoms with E-state index >= 15 is 0 Å². The number of nitrogens with zero attached hydrogens (tertiary/aromatic N) is 2. The van der Waals surface area contributed by atoms with Gasteiger partial charge in [-0.3, -0.25) is 14.4 Å². The van der Waals surface area contributed by atoms with Crippen molar-refractivity contribution in [2.24, 2.45) is 11.8 Å². The molecule has 4 aliphatic rings. The Bertz CT molecular complexity index is 1300. The van der Waals surface area contributed by atoms with Gasteiger partial charge in [-0.25, -0.2) is 4.90 Å². The molecule has 0 bridgehead atoms. The van der Waals surface area contributed by atoms with Gasteiger partial charge in [-0.2, -0.15) is 13.2 Å². The summed E-state index contributed by atoms with van der Waals surface area (Å²) in [6, 6.07) is 10.1. The summed E-state index contributed by atoms with van der Waals surface area (Å²) in [4.78, 5) is 45.3. The number of nitrogens with one attached hydrogen (secondary N) is 1. The molecule has 6 nitrogen and oxygen atoms in total. The first-order valence-corrected chi connectivity index (χ1v) is 12.0. The van der Waals surface area contributed by atoms with Crippen LogP contribution in [-0.4, -0.2) is 36.9 Å². The van der Waals surface area contributed by atoms with Crippen LogP contribution in [0.15, 0.2) is 42.5 Å². The Kier molecular flexibility index (Phi) is 4.70. The van der Waals surface area contributed by atoms with Crippen molar-refractivity contribution >= 4 is 40.7 Å². The lowest BCUT2D eigenvalue weighted by atomic mass is 9.75. The van der Waals surface area contributed by atoms with E-state index in [9.17, 15) is 27.6 Å². The normalized spacial score (nSPS) is 31.5. The Labute approximate surface area is 204 Å². The van der Waals surface area contributed by atoms with Gasteiger partial charge >= 0.3 is 6.18 Å². The van der Waals surface area contributed by atoms with Gasteiger partial charge in [-0.15, -0.1) is 0 Å². The zero-order valence-electron chi connectivity index (χ0n) is 18.7. The third kappa shape index (κ3) is 2.68. The molecule has 3 amide bonds. The molecule has 0 saturated carbocycles. The number of benzene rings is 2. The molecule has 2 aromatic carbocycles. The summed E-state index contributed by atoms with van der Waals surface area (Å²) in [6.45, 7) is 2.91. The lowest BCUT2D eigenvalue weighted by Gasteiger charge is -2.34. The van der Waals surface area contributed by atoms with Crippen molar-refractivity contribution in [1.29, 1.82) is 0 Å². The number of halogens is 4. The molecule has 1 unspecified atom stereocenters. The van der Waals surface area contributed by atoms with E-state index in [0.29, 0.717) is 19.5 Å². The predicted molar refractivity (Wildman–Crippen MR) is 121 cm³/mol. The van der Waals surface area contributed by atoms with Gasteiger partial charge in [0.15, 0.2) is 0 Å². The summed E-state index contributed by atoms with van der Waals surface area (Å²) in [5.74, 6) is -3.15. The fourth-order valence-corrected chi connectivity index (χ4v) is 7.26. The highest BCUT2D eigenvalue weighted by Crippen LogP contribution is 2.54. The Morgan fingerprint density at radius 1 is 1.11 bits per heavy atom. The number of amides is 3. The Morgan fingerprint density at radius 3 is 2.57 bits per heavy atom. The minimum Gasteiger partial charge on any atom is -0.315 e. The monoisotopic (exact) mass is 504 g/mol. The highest BCUT2D eigenvalue weighted by molar-refractivity contribution is 6.32. The topological polar surface area (TPSA) is 62.1 Å². The van der Waals surface area contributed by atoms with Crippen molar-refractivity contribution < 1.29 is 32.5 Å². The van der Waals surface area contributed by atoms with Gasteiger partial charge in [0.25, 0.3) is 5.91 Å². The minimum absolute atomic E-state index is 0.174. The molecule has 0 aromatic heterocycles. The van der Waals surface area contributed by atoms with Crippen LogP contribution in [-0.2, 0) is 26.1 Å². The van der Waals surface area contributed by atoms with Gasteiger partial charge < -0.3 is 9.80 Å². The molecule has 1 spiro atoms. The number of carbonyl (C=O) groups excluding carboxylic acids is 3. The summed E-state index contributed by atoms with van der Waals surface area (Å²) in [7, 11) is 0. The van der Waals surface area contributed by atoms with Gasteiger partial charge in [0.05, 0.1) is 28.5 Å². The van der Waals surface area contributed by atoms with Crippen LogP contribution in [0.1, 0.15) is 30.9 Å². The number of para-hydroxylation sites is 1. The molecule has 35 heavy (non-hydrogen) atoms. The van der Waals surface area contributed by atoms with E-state index in [1.54, 1.807) is 4.90 Å². The number of anilines is 2. The summed E-state index contributed by atoms with van der Waals surface area (Å²) < 4.78 is 40.6. The van der Waals surface area contributed by atoms with E-state index in [2.05, 4.69) is 0 Å². The van der Waals surface area contributed by atoms with E-state index in [1.165, 1.54) is 6.07 Å². The van der Waals surface area contributed by atoms with Crippen molar-refractivity contribution in [3.05, 3.63) is 58.6 Å². The smallest absolute Gasteiger partial charge is 0.315 e. The average molecular weight is 505 g/mol. The van der Waals surface area contributed by atoms with E-state index < -0.39 is 46.0 Å². The van der Waals surface area contributed by atoms with Crippen LogP contribution in [0.5, 0.6) is 0 Å². The maximum Gasteiger partial charge on any atom is 0.417 e. The van der Waals surface area contributed by atoms with E-state index in [4.69, 9.17) is 11.6 Å². The molecule has 182 valence electrons. The van der Waals surface area contributed by atoms with Crippen molar-refractivity contribution in [3.63, 3.8) is 0 Å². The van der Waals surface area contributed by atoms with Gasteiger partial charge in [-0.05, 0) is 31.2 Å². The van der Waals surface area contributed by atoms with Crippen molar-refractivity contribution in [1.82, 2.24) is 0 Å². The summed E-state index contributed by atoms with van der Waals surface area (Å²) in [5, 5.41) is -0.512. The molecular weight excluding hydrogens is 483 g/mol. The van der Waals surface area contributed by atoms with Gasteiger partial charge in [0.1, 0.15) is 17.9 Å².